The van der Waals surface area contributed by atoms with Crippen molar-refractivity contribution in [1.82, 2.24) is 4.98 Å². The molecule has 0 aliphatic rings. The molecule has 4 heteroatoms. The van der Waals surface area contributed by atoms with Crippen LogP contribution in [0.15, 0.2) is 22.1 Å². The van der Waals surface area contributed by atoms with Crippen LogP contribution in [0, 0.1) is 0 Å². The highest BCUT2D eigenvalue weighted by molar-refractivity contribution is 9.10. The first-order chi connectivity index (χ1) is 5.29. The molecule has 0 bridgehead atoms. The fourth-order valence-electron chi connectivity index (χ4n) is 0.899. The second kappa shape index (κ2) is 2.73. The normalized spacial score (nSPS) is 10.7. The van der Waals surface area contributed by atoms with Crippen LogP contribution in [-0.2, 0) is 0 Å². The summed E-state index contributed by atoms with van der Waals surface area (Å²) >= 11 is 10.8. The predicted octanol–water partition coefficient (Wildman–Crippen LogP) is 3.71. The van der Waals surface area contributed by atoms with E-state index in [-0.39, 0.29) is 0 Å². The molecule has 1 nitrogen and oxygen atoms in total. The van der Waals surface area contributed by atoms with Crippen molar-refractivity contribution >= 4 is 49.0 Å². The van der Waals surface area contributed by atoms with Gasteiger partial charge >= 0.3 is 0 Å². The summed E-state index contributed by atoms with van der Waals surface area (Å²) in [6, 6.07) is 2.03. The quantitative estimate of drug-likeness (QED) is 0.648. The highest BCUT2D eigenvalue weighted by atomic mass is 79.9. The average Bonchev–Trinajstić information content (AvgIpc) is 2.45. The summed E-state index contributed by atoms with van der Waals surface area (Å²) in [5.41, 5.74) is 0. The fraction of sp³-hybridized carbons (Fsp3) is 0. The van der Waals surface area contributed by atoms with Crippen LogP contribution in [0.2, 0.25) is 5.15 Å². The fourth-order valence-corrected chi connectivity index (χ4v) is 2.54. The minimum Gasteiger partial charge on any atom is -0.242 e. The third kappa shape index (κ3) is 1.17. The van der Waals surface area contributed by atoms with E-state index in [0.717, 1.165) is 14.6 Å². The van der Waals surface area contributed by atoms with Gasteiger partial charge in [0, 0.05) is 16.1 Å². The molecule has 56 valence electrons. The van der Waals surface area contributed by atoms with E-state index in [0.29, 0.717) is 5.15 Å². The summed E-state index contributed by atoms with van der Waals surface area (Å²) in [7, 11) is 0. The molecule has 0 radical (unpaired) electrons. The van der Waals surface area contributed by atoms with Gasteiger partial charge in [0.05, 0.1) is 4.70 Å². The van der Waals surface area contributed by atoms with Crippen LogP contribution in [-0.4, -0.2) is 4.98 Å². The Balaban J connectivity index is 2.96. The molecule has 11 heavy (non-hydrogen) atoms. The molecule has 2 rings (SSSR count). The average molecular weight is 249 g/mol. The van der Waals surface area contributed by atoms with E-state index in [1.54, 1.807) is 17.5 Å². The Bertz CT molecular complexity index is 362. The lowest BCUT2D eigenvalue weighted by Crippen LogP contribution is -1.74. The summed E-state index contributed by atoms with van der Waals surface area (Å²) in [4.78, 5) is 4.01. The van der Waals surface area contributed by atoms with Crippen molar-refractivity contribution in [3.63, 3.8) is 0 Å². The number of thiophene rings is 1. The molecule has 0 aliphatic carbocycles. The van der Waals surface area contributed by atoms with Gasteiger partial charge in [-0.15, -0.1) is 11.3 Å². The zero-order chi connectivity index (χ0) is 7.84. The van der Waals surface area contributed by atoms with Crippen LogP contribution in [0.25, 0.3) is 10.1 Å². The Labute approximate surface area is 81.1 Å². The molecular formula is C7H3BrClNS. The number of fused-ring (bicyclic) bond motifs is 1. The minimum atomic E-state index is 0.582. The van der Waals surface area contributed by atoms with Gasteiger partial charge in [-0.05, 0) is 27.4 Å². The molecule has 0 fully saturated rings. The highest BCUT2D eigenvalue weighted by Gasteiger charge is 2.03. The summed E-state index contributed by atoms with van der Waals surface area (Å²) in [5.74, 6) is 0. The van der Waals surface area contributed by atoms with E-state index in [4.69, 9.17) is 11.6 Å². The number of nitrogens with zero attached hydrogens (tertiary/aromatic N) is 1. The summed E-state index contributed by atoms with van der Waals surface area (Å²) in [6.45, 7) is 0. The Morgan fingerprint density at radius 3 is 3.09 bits per heavy atom. The molecule has 2 heterocycles. The zero-order valence-electron chi connectivity index (χ0n) is 5.34. The van der Waals surface area contributed by atoms with Gasteiger partial charge in [0.1, 0.15) is 5.15 Å². The molecule has 0 saturated carbocycles. The first-order valence-electron chi connectivity index (χ1n) is 2.96. The van der Waals surface area contributed by atoms with E-state index in [9.17, 15) is 0 Å². The molecule has 0 N–H and O–H groups in total. The molecule has 0 spiro atoms. The van der Waals surface area contributed by atoms with Crippen molar-refractivity contribution in [2.45, 2.75) is 0 Å². The minimum absolute atomic E-state index is 0.582. The van der Waals surface area contributed by atoms with Crippen molar-refractivity contribution in [2.75, 3.05) is 0 Å². The van der Waals surface area contributed by atoms with E-state index >= 15 is 0 Å². The van der Waals surface area contributed by atoms with Crippen LogP contribution >= 0.6 is 38.9 Å². The maximum Gasteiger partial charge on any atom is 0.146 e. The third-order valence-corrected chi connectivity index (χ3v) is 3.35. The Kier molecular flexibility index (Phi) is 1.87. The first-order valence-corrected chi connectivity index (χ1v) is 5.01. The highest BCUT2D eigenvalue weighted by Crippen LogP contribution is 2.31. The largest absolute Gasteiger partial charge is 0.242 e. The van der Waals surface area contributed by atoms with E-state index < -0.39 is 0 Å². The van der Waals surface area contributed by atoms with Crippen LogP contribution in [0.4, 0.5) is 0 Å². The number of hydrogen-bond acceptors (Lipinski definition) is 2. The van der Waals surface area contributed by atoms with Crippen molar-refractivity contribution in [2.24, 2.45) is 0 Å². The van der Waals surface area contributed by atoms with Gasteiger partial charge in [-0.3, -0.25) is 0 Å². The molecular weight excluding hydrogens is 246 g/mol. The summed E-state index contributed by atoms with van der Waals surface area (Å²) in [5, 5.41) is 3.72. The standard InChI is InChI=1S/C7H3BrClNS/c8-5-3-10-7(9)6-4(5)1-2-11-6/h1-3H. The topological polar surface area (TPSA) is 12.9 Å². The van der Waals surface area contributed by atoms with Crippen LogP contribution in [0.3, 0.4) is 0 Å². The van der Waals surface area contributed by atoms with Crippen molar-refractivity contribution in [3.05, 3.63) is 27.3 Å². The van der Waals surface area contributed by atoms with Gasteiger partial charge in [-0.25, -0.2) is 4.98 Å². The van der Waals surface area contributed by atoms with Crippen LogP contribution in [0.5, 0.6) is 0 Å². The SMILES string of the molecule is Clc1ncc(Br)c2ccsc12. The lowest BCUT2D eigenvalue weighted by atomic mass is 10.3. The lowest BCUT2D eigenvalue weighted by Gasteiger charge is -1.93. The second-order valence-electron chi connectivity index (χ2n) is 2.06. The van der Waals surface area contributed by atoms with Gasteiger partial charge in [0.25, 0.3) is 0 Å². The van der Waals surface area contributed by atoms with Gasteiger partial charge < -0.3 is 0 Å². The third-order valence-electron chi connectivity index (χ3n) is 1.40. The van der Waals surface area contributed by atoms with E-state index in [2.05, 4.69) is 20.9 Å². The number of rotatable bonds is 0. The smallest absolute Gasteiger partial charge is 0.146 e. The molecule has 0 atom stereocenters. The van der Waals surface area contributed by atoms with Crippen molar-refractivity contribution in [1.29, 1.82) is 0 Å². The molecule has 0 aliphatic heterocycles. The first kappa shape index (κ1) is 7.53. The van der Waals surface area contributed by atoms with Gasteiger partial charge in [-0.2, -0.15) is 0 Å². The number of hydrogen-bond donors (Lipinski definition) is 0. The molecule has 2 aromatic rings. The molecule has 0 saturated heterocycles. The summed E-state index contributed by atoms with van der Waals surface area (Å²) in [6.07, 6.45) is 1.72. The van der Waals surface area contributed by atoms with Gasteiger partial charge in [0.15, 0.2) is 0 Å². The molecule has 0 aromatic carbocycles. The molecule has 0 amide bonds. The van der Waals surface area contributed by atoms with Gasteiger partial charge in [-0.1, -0.05) is 11.6 Å². The zero-order valence-corrected chi connectivity index (χ0v) is 8.50. The number of halogens is 2. The predicted molar refractivity (Wildman–Crippen MR) is 52.3 cm³/mol. The number of aromatic nitrogens is 1. The van der Waals surface area contributed by atoms with E-state index in [1.165, 1.54) is 0 Å². The lowest BCUT2D eigenvalue weighted by molar-refractivity contribution is 1.36. The Morgan fingerprint density at radius 2 is 2.36 bits per heavy atom. The van der Waals surface area contributed by atoms with Crippen LogP contribution < -0.4 is 0 Å². The second-order valence-corrected chi connectivity index (χ2v) is 4.19. The molecule has 2 aromatic heterocycles. The number of pyridine rings is 1. The Hall–Kier alpha value is -0.120. The van der Waals surface area contributed by atoms with E-state index in [1.807, 2.05) is 11.4 Å². The Morgan fingerprint density at radius 1 is 1.55 bits per heavy atom. The maximum atomic E-state index is 5.85. The monoisotopic (exact) mass is 247 g/mol. The van der Waals surface area contributed by atoms with Crippen molar-refractivity contribution < 1.29 is 0 Å². The molecule has 0 unspecified atom stereocenters. The van der Waals surface area contributed by atoms with Crippen molar-refractivity contribution in [3.8, 4) is 0 Å². The summed E-state index contributed by atoms with van der Waals surface area (Å²) < 4.78 is 2.04. The van der Waals surface area contributed by atoms with Gasteiger partial charge in [0.2, 0.25) is 0 Å². The van der Waals surface area contributed by atoms with Crippen LogP contribution in [0.1, 0.15) is 0 Å². The maximum absolute atomic E-state index is 5.85.